The number of nitriles is 4. The van der Waals surface area contributed by atoms with Crippen molar-refractivity contribution in [3.05, 3.63) is 12.8 Å². The standard InChI is InChI=1S/C13H11N5O2/c1-2-19-3-4-20-11-5-12(6-14,7-15)13(8-16,9-17)10-18-11/h2,10-11H,1,3-5H2. The Morgan fingerprint density at radius 1 is 1.20 bits per heavy atom. The van der Waals surface area contributed by atoms with Gasteiger partial charge in [-0.1, -0.05) is 6.58 Å². The predicted molar refractivity (Wildman–Crippen MR) is 66.3 cm³/mol. The first-order chi connectivity index (χ1) is 9.63. The van der Waals surface area contributed by atoms with Gasteiger partial charge in [-0.2, -0.15) is 21.0 Å². The first-order valence-corrected chi connectivity index (χ1v) is 5.67. The number of hydrogen-bond acceptors (Lipinski definition) is 7. The lowest BCUT2D eigenvalue weighted by Gasteiger charge is -2.33. The third-order valence-electron chi connectivity index (χ3n) is 2.95. The summed E-state index contributed by atoms with van der Waals surface area (Å²) in [6, 6.07) is 6.95. The molecule has 0 aromatic heterocycles. The fourth-order valence-corrected chi connectivity index (χ4v) is 1.76. The molecule has 0 radical (unpaired) electrons. The van der Waals surface area contributed by atoms with Gasteiger partial charge in [0, 0.05) is 12.6 Å². The zero-order valence-corrected chi connectivity index (χ0v) is 10.6. The molecule has 0 fully saturated rings. The van der Waals surface area contributed by atoms with E-state index in [4.69, 9.17) is 20.0 Å². The normalized spacial score (nSPS) is 21.5. The average molecular weight is 269 g/mol. The molecule has 0 N–H and O–H groups in total. The van der Waals surface area contributed by atoms with Crippen LogP contribution in [0.15, 0.2) is 17.8 Å². The molecule has 0 aromatic rings. The van der Waals surface area contributed by atoms with Crippen molar-refractivity contribution in [3.63, 3.8) is 0 Å². The van der Waals surface area contributed by atoms with Crippen LogP contribution in [0, 0.1) is 56.2 Å². The van der Waals surface area contributed by atoms with Crippen LogP contribution < -0.4 is 0 Å². The molecule has 20 heavy (non-hydrogen) atoms. The van der Waals surface area contributed by atoms with Crippen molar-refractivity contribution in [2.45, 2.75) is 12.6 Å². The van der Waals surface area contributed by atoms with Crippen molar-refractivity contribution in [2.75, 3.05) is 13.2 Å². The number of rotatable bonds is 5. The van der Waals surface area contributed by atoms with Crippen molar-refractivity contribution in [1.82, 2.24) is 0 Å². The molecule has 100 valence electrons. The van der Waals surface area contributed by atoms with Crippen LogP contribution in [-0.4, -0.2) is 25.7 Å². The second-order valence-corrected chi connectivity index (χ2v) is 4.01. The number of nitrogens with zero attached hydrogens (tertiary/aromatic N) is 5. The molecule has 0 amide bonds. The lowest BCUT2D eigenvalue weighted by Crippen LogP contribution is -2.45. The van der Waals surface area contributed by atoms with Gasteiger partial charge in [0.05, 0.1) is 37.1 Å². The summed E-state index contributed by atoms with van der Waals surface area (Å²) in [6.45, 7) is 3.81. The van der Waals surface area contributed by atoms with Crippen LogP contribution in [0.4, 0.5) is 0 Å². The molecule has 1 unspecified atom stereocenters. The largest absolute Gasteiger partial charge is 0.499 e. The summed E-state index contributed by atoms with van der Waals surface area (Å²) in [5, 5.41) is 36.7. The third kappa shape index (κ3) is 2.45. The van der Waals surface area contributed by atoms with E-state index in [1.165, 1.54) is 6.26 Å². The van der Waals surface area contributed by atoms with Crippen molar-refractivity contribution < 1.29 is 9.47 Å². The summed E-state index contributed by atoms with van der Waals surface area (Å²) in [7, 11) is 0. The van der Waals surface area contributed by atoms with Gasteiger partial charge in [-0.25, -0.2) is 0 Å². The van der Waals surface area contributed by atoms with Gasteiger partial charge in [-0.3, -0.25) is 4.99 Å². The molecule has 0 spiro atoms. The van der Waals surface area contributed by atoms with E-state index in [1.54, 1.807) is 24.3 Å². The van der Waals surface area contributed by atoms with E-state index in [-0.39, 0.29) is 19.6 Å². The van der Waals surface area contributed by atoms with E-state index in [9.17, 15) is 10.5 Å². The second kappa shape index (κ2) is 6.34. The van der Waals surface area contributed by atoms with E-state index >= 15 is 0 Å². The van der Waals surface area contributed by atoms with Crippen LogP contribution in [0.3, 0.4) is 0 Å². The van der Waals surface area contributed by atoms with Crippen LogP contribution in [0.5, 0.6) is 0 Å². The van der Waals surface area contributed by atoms with Crippen molar-refractivity contribution in [3.8, 4) is 24.3 Å². The lowest BCUT2D eigenvalue weighted by molar-refractivity contribution is 0.00626. The molecule has 1 aliphatic rings. The highest BCUT2D eigenvalue weighted by atomic mass is 16.5. The van der Waals surface area contributed by atoms with Crippen molar-refractivity contribution in [2.24, 2.45) is 15.8 Å². The molecule has 1 aliphatic heterocycles. The van der Waals surface area contributed by atoms with Gasteiger partial charge in [0.15, 0.2) is 11.6 Å². The summed E-state index contributed by atoms with van der Waals surface area (Å²) in [4.78, 5) is 3.94. The highest BCUT2D eigenvalue weighted by Crippen LogP contribution is 2.44. The Kier molecular flexibility index (Phi) is 4.82. The number of hydrogen-bond donors (Lipinski definition) is 0. The predicted octanol–water partition coefficient (Wildman–Crippen LogP) is 1.03. The molecule has 7 heteroatoms. The monoisotopic (exact) mass is 269 g/mol. The Morgan fingerprint density at radius 2 is 1.85 bits per heavy atom. The SMILES string of the molecule is C=COCCOC1CC(C#N)(C#N)C(C#N)(C#N)C=N1. The molecular weight excluding hydrogens is 258 g/mol. The second-order valence-electron chi connectivity index (χ2n) is 4.01. The third-order valence-corrected chi connectivity index (χ3v) is 2.95. The summed E-state index contributed by atoms with van der Waals surface area (Å²) in [6.07, 6.45) is 1.38. The van der Waals surface area contributed by atoms with E-state index in [0.717, 1.165) is 6.21 Å². The zero-order valence-electron chi connectivity index (χ0n) is 10.6. The van der Waals surface area contributed by atoms with Gasteiger partial charge in [0.2, 0.25) is 5.41 Å². The van der Waals surface area contributed by atoms with E-state index in [0.29, 0.717) is 0 Å². The molecule has 0 bridgehead atoms. The zero-order chi connectivity index (χ0) is 15.1. The van der Waals surface area contributed by atoms with Gasteiger partial charge in [0.25, 0.3) is 0 Å². The highest BCUT2D eigenvalue weighted by Gasteiger charge is 2.57. The van der Waals surface area contributed by atoms with E-state index in [2.05, 4.69) is 11.6 Å². The quantitative estimate of drug-likeness (QED) is 0.541. The molecule has 7 nitrogen and oxygen atoms in total. The van der Waals surface area contributed by atoms with Gasteiger partial charge in [-0.15, -0.1) is 0 Å². The minimum absolute atomic E-state index is 0.147. The first kappa shape index (κ1) is 15.2. The number of ether oxygens (including phenoxy) is 2. The van der Waals surface area contributed by atoms with Crippen LogP contribution in [-0.2, 0) is 9.47 Å². The van der Waals surface area contributed by atoms with Crippen LogP contribution >= 0.6 is 0 Å². The van der Waals surface area contributed by atoms with E-state index < -0.39 is 17.1 Å². The Hall–Kier alpha value is -2.87. The maximum Gasteiger partial charge on any atom is 0.209 e. The first-order valence-electron chi connectivity index (χ1n) is 5.67. The number of aliphatic imine (C=N–C) groups is 1. The molecule has 0 aromatic carbocycles. The smallest absolute Gasteiger partial charge is 0.209 e. The molecule has 1 heterocycles. The van der Waals surface area contributed by atoms with Gasteiger partial charge >= 0.3 is 0 Å². The summed E-state index contributed by atoms with van der Waals surface area (Å²) in [5.74, 6) is 0. The van der Waals surface area contributed by atoms with Gasteiger partial charge in [0.1, 0.15) is 6.61 Å². The minimum atomic E-state index is -1.88. The van der Waals surface area contributed by atoms with Crippen molar-refractivity contribution >= 4 is 6.21 Å². The fourth-order valence-electron chi connectivity index (χ4n) is 1.76. The van der Waals surface area contributed by atoms with E-state index in [1.807, 2.05) is 0 Å². The van der Waals surface area contributed by atoms with Crippen molar-refractivity contribution in [1.29, 1.82) is 21.0 Å². The maximum absolute atomic E-state index is 9.24. The van der Waals surface area contributed by atoms with Crippen LogP contribution in [0.1, 0.15) is 6.42 Å². The fraction of sp³-hybridized carbons (Fsp3) is 0.462. The Labute approximate surface area is 116 Å². The summed E-state index contributed by atoms with van der Waals surface area (Å²) >= 11 is 0. The Morgan fingerprint density at radius 3 is 2.35 bits per heavy atom. The molecule has 0 aliphatic carbocycles. The molecular formula is C13H11N5O2. The average Bonchev–Trinajstić information content (AvgIpc) is 2.51. The summed E-state index contributed by atoms with van der Waals surface area (Å²) < 4.78 is 10.2. The molecule has 1 rings (SSSR count). The Balaban J connectivity index is 2.95. The van der Waals surface area contributed by atoms with Gasteiger partial charge in [-0.05, 0) is 0 Å². The summed E-state index contributed by atoms with van der Waals surface area (Å²) in [5.41, 5.74) is -3.68. The molecule has 0 saturated carbocycles. The lowest BCUT2D eigenvalue weighted by atomic mass is 9.63. The van der Waals surface area contributed by atoms with Gasteiger partial charge < -0.3 is 9.47 Å². The maximum atomic E-state index is 9.24. The topological polar surface area (TPSA) is 126 Å². The molecule has 1 atom stereocenters. The molecule has 0 saturated heterocycles. The van der Waals surface area contributed by atoms with Crippen LogP contribution in [0.2, 0.25) is 0 Å². The minimum Gasteiger partial charge on any atom is -0.499 e. The Bertz CT molecular complexity index is 542. The van der Waals surface area contributed by atoms with Crippen LogP contribution in [0.25, 0.3) is 0 Å². The highest BCUT2D eigenvalue weighted by molar-refractivity contribution is 5.78.